The van der Waals surface area contributed by atoms with Gasteiger partial charge < -0.3 is 0 Å². The fourth-order valence-electron chi connectivity index (χ4n) is 3.11. The van der Waals surface area contributed by atoms with E-state index in [4.69, 9.17) is 0 Å². The van der Waals surface area contributed by atoms with E-state index in [1.165, 1.54) is 37.0 Å². The van der Waals surface area contributed by atoms with Gasteiger partial charge in [-0.15, -0.1) is 11.3 Å². The fourth-order valence-corrected chi connectivity index (χ4v) is 3.84. The predicted octanol–water partition coefficient (Wildman–Crippen LogP) is 3.86. The lowest BCUT2D eigenvalue weighted by atomic mass is 9.86. The van der Waals surface area contributed by atoms with Crippen LogP contribution >= 0.6 is 11.3 Å². The molecule has 2 nitrogen and oxygen atoms in total. The normalized spacial score (nSPS) is 20.9. The molecule has 0 saturated heterocycles. The molecule has 2 fully saturated rings. The Balaban J connectivity index is 1.56. The molecule has 2 aliphatic carbocycles. The molecule has 0 aliphatic heterocycles. The first kappa shape index (κ1) is 13.3. The maximum absolute atomic E-state index is 12.4. The summed E-state index contributed by atoms with van der Waals surface area (Å²) in [5.41, 5.74) is 0. The lowest BCUT2D eigenvalue weighted by Crippen LogP contribution is -2.35. The van der Waals surface area contributed by atoms with E-state index in [-0.39, 0.29) is 0 Å². The molecule has 1 aromatic heterocycles. The lowest BCUT2D eigenvalue weighted by Gasteiger charge is -2.25. The van der Waals surface area contributed by atoms with Gasteiger partial charge in [-0.1, -0.05) is 25.3 Å². The van der Waals surface area contributed by atoms with Crippen molar-refractivity contribution in [1.29, 1.82) is 0 Å². The second-order valence-electron chi connectivity index (χ2n) is 6.02. The Morgan fingerprint density at radius 2 is 2.00 bits per heavy atom. The molecule has 1 aromatic rings. The van der Waals surface area contributed by atoms with Gasteiger partial charge in [0.15, 0.2) is 0 Å². The molecule has 19 heavy (non-hydrogen) atoms. The first-order valence-electron chi connectivity index (χ1n) is 7.62. The van der Waals surface area contributed by atoms with E-state index in [9.17, 15) is 4.79 Å². The number of hydrogen-bond donors (Lipinski definition) is 0. The number of Topliss-reactive ketones (excluding diaryl/α,β-unsaturated/α-hetero) is 1. The quantitative estimate of drug-likeness (QED) is 0.787. The molecule has 0 radical (unpaired) electrons. The SMILES string of the molecule is O=C(CN(Cc1cccs1)C1CC1)C1CCCCC1. The van der Waals surface area contributed by atoms with Gasteiger partial charge in [-0.3, -0.25) is 9.69 Å². The molecule has 2 saturated carbocycles. The molecule has 0 aromatic carbocycles. The summed E-state index contributed by atoms with van der Waals surface area (Å²) in [6.45, 7) is 1.66. The minimum Gasteiger partial charge on any atom is -0.298 e. The van der Waals surface area contributed by atoms with Crippen molar-refractivity contribution < 1.29 is 4.79 Å². The van der Waals surface area contributed by atoms with Crippen LogP contribution in [0.25, 0.3) is 0 Å². The Hall–Kier alpha value is -0.670. The van der Waals surface area contributed by atoms with Crippen LogP contribution in [-0.4, -0.2) is 23.3 Å². The Kier molecular flexibility index (Phi) is 4.34. The first-order chi connectivity index (χ1) is 9.33. The molecule has 0 bridgehead atoms. The second kappa shape index (κ2) is 6.19. The molecule has 3 rings (SSSR count). The monoisotopic (exact) mass is 277 g/mol. The van der Waals surface area contributed by atoms with Crippen LogP contribution in [0.5, 0.6) is 0 Å². The van der Waals surface area contributed by atoms with Crippen LogP contribution in [0.2, 0.25) is 0 Å². The Morgan fingerprint density at radius 3 is 2.63 bits per heavy atom. The average Bonchev–Trinajstić information content (AvgIpc) is 3.17. The largest absolute Gasteiger partial charge is 0.298 e. The first-order valence-corrected chi connectivity index (χ1v) is 8.50. The summed E-state index contributed by atoms with van der Waals surface area (Å²) < 4.78 is 0. The molecule has 0 N–H and O–H groups in total. The second-order valence-corrected chi connectivity index (χ2v) is 7.05. The third-order valence-corrected chi connectivity index (χ3v) is 5.28. The zero-order valence-corrected chi connectivity index (χ0v) is 12.3. The van der Waals surface area contributed by atoms with Gasteiger partial charge in [0, 0.05) is 23.4 Å². The van der Waals surface area contributed by atoms with Gasteiger partial charge in [-0.05, 0) is 37.1 Å². The zero-order chi connectivity index (χ0) is 13.1. The van der Waals surface area contributed by atoms with Crippen LogP contribution in [0.4, 0.5) is 0 Å². The summed E-state index contributed by atoms with van der Waals surface area (Å²) in [7, 11) is 0. The Morgan fingerprint density at radius 1 is 1.21 bits per heavy atom. The summed E-state index contributed by atoms with van der Waals surface area (Å²) in [4.78, 5) is 16.2. The summed E-state index contributed by atoms with van der Waals surface area (Å²) >= 11 is 1.81. The number of carbonyl (C=O) groups excluding carboxylic acids is 1. The Bertz CT molecular complexity index is 404. The van der Waals surface area contributed by atoms with Crippen molar-refractivity contribution in [3.63, 3.8) is 0 Å². The highest BCUT2D eigenvalue weighted by molar-refractivity contribution is 7.09. The molecule has 0 unspecified atom stereocenters. The van der Waals surface area contributed by atoms with Gasteiger partial charge in [-0.25, -0.2) is 0 Å². The lowest BCUT2D eigenvalue weighted by molar-refractivity contribution is -0.125. The molecule has 0 atom stereocenters. The van der Waals surface area contributed by atoms with E-state index in [0.29, 0.717) is 24.3 Å². The van der Waals surface area contributed by atoms with E-state index in [1.54, 1.807) is 11.3 Å². The van der Waals surface area contributed by atoms with Crippen molar-refractivity contribution in [3.8, 4) is 0 Å². The molecular weight excluding hydrogens is 254 g/mol. The van der Waals surface area contributed by atoms with Crippen molar-refractivity contribution in [2.24, 2.45) is 5.92 Å². The van der Waals surface area contributed by atoms with Gasteiger partial charge in [0.1, 0.15) is 5.78 Å². The molecule has 0 spiro atoms. The summed E-state index contributed by atoms with van der Waals surface area (Å²) in [6, 6.07) is 4.97. The van der Waals surface area contributed by atoms with Gasteiger partial charge in [0.25, 0.3) is 0 Å². The van der Waals surface area contributed by atoms with Gasteiger partial charge in [0.2, 0.25) is 0 Å². The van der Waals surface area contributed by atoms with Crippen molar-refractivity contribution in [2.75, 3.05) is 6.54 Å². The number of hydrogen-bond acceptors (Lipinski definition) is 3. The number of ketones is 1. The minimum absolute atomic E-state index is 0.360. The number of nitrogens with zero attached hydrogens (tertiary/aromatic N) is 1. The van der Waals surface area contributed by atoms with Crippen molar-refractivity contribution in [1.82, 2.24) is 4.90 Å². The topological polar surface area (TPSA) is 20.3 Å². The molecule has 0 amide bonds. The van der Waals surface area contributed by atoms with Gasteiger partial charge >= 0.3 is 0 Å². The Labute approximate surface area is 119 Å². The number of carbonyl (C=O) groups is 1. The molecular formula is C16H23NOS. The van der Waals surface area contributed by atoms with Crippen LogP contribution in [0.15, 0.2) is 17.5 Å². The van der Waals surface area contributed by atoms with Crippen LogP contribution < -0.4 is 0 Å². The van der Waals surface area contributed by atoms with Crippen molar-refractivity contribution >= 4 is 17.1 Å². The van der Waals surface area contributed by atoms with Crippen LogP contribution in [0, 0.1) is 5.92 Å². The van der Waals surface area contributed by atoms with Gasteiger partial charge in [0.05, 0.1) is 6.54 Å². The molecule has 2 aliphatic rings. The third kappa shape index (κ3) is 3.67. The van der Waals surface area contributed by atoms with Crippen LogP contribution in [0.1, 0.15) is 49.8 Å². The van der Waals surface area contributed by atoms with Crippen LogP contribution in [-0.2, 0) is 11.3 Å². The summed E-state index contributed by atoms with van der Waals surface area (Å²) in [5.74, 6) is 0.862. The fraction of sp³-hybridized carbons (Fsp3) is 0.688. The predicted molar refractivity (Wildman–Crippen MR) is 79.3 cm³/mol. The molecule has 1 heterocycles. The van der Waals surface area contributed by atoms with E-state index in [1.807, 2.05) is 0 Å². The highest BCUT2D eigenvalue weighted by atomic mass is 32.1. The third-order valence-electron chi connectivity index (χ3n) is 4.42. The van der Waals surface area contributed by atoms with Crippen molar-refractivity contribution in [2.45, 2.75) is 57.5 Å². The average molecular weight is 277 g/mol. The van der Waals surface area contributed by atoms with E-state index < -0.39 is 0 Å². The molecule has 104 valence electrons. The zero-order valence-electron chi connectivity index (χ0n) is 11.5. The maximum atomic E-state index is 12.4. The van der Waals surface area contributed by atoms with E-state index >= 15 is 0 Å². The van der Waals surface area contributed by atoms with E-state index in [0.717, 1.165) is 19.4 Å². The van der Waals surface area contributed by atoms with Crippen molar-refractivity contribution in [3.05, 3.63) is 22.4 Å². The maximum Gasteiger partial charge on any atom is 0.149 e. The highest BCUT2D eigenvalue weighted by Crippen LogP contribution is 2.31. The smallest absolute Gasteiger partial charge is 0.149 e. The van der Waals surface area contributed by atoms with Gasteiger partial charge in [-0.2, -0.15) is 0 Å². The van der Waals surface area contributed by atoms with E-state index in [2.05, 4.69) is 22.4 Å². The van der Waals surface area contributed by atoms with Crippen LogP contribution in [0.3, 0.4) is 0 Å². The minimum atomic E-state index is 0.360. The standard InChI is InChI=1S/C16H23NOS/c18-16(13-5-2-1-3-6-13)12-17(14-8-9-14)11-15-7-4-10-19-15/h4,7,10,13-14H,1-3,5-6,8-9,11-12H2. The molecule has 3 heteroatoms. The summed E-state index contributed by atoms with van der Waals surface area (Å²) in [5, 5.41) is 2.13. The summed E-state index contributed by atoms with van der Waals surface area (Å²) in [6.07, 6.45) is 8.67. The number of thiophene rings is 1. The number of rotatable bonds is 6. The highest BCUT2D eigenvalue weighted by Gasteiger charge is 2.32.